The van der Waals surface area contributed by atoms with Gasteiger partial charge in [0.05, 0.1) is 26.9 Å². The molecule has 36 heavy (non-hydrogen) atoms. The minimum Gasteiger partial charge on any atom is -0.496 e. The average molecular weight is 490 g/mol. The predicted octanol–water partition coefficient (Wildman–Crippen LogP) is 5.47. The van der Waals surface area contributed by atoms with Gasteiger partial charge in [-0.25, -0.2) is 0 Å². The van der Waals surface area contributed by atoms with Crippen molar-refractivity contribution in [3.05, 3.63) is 95.6 Å². The van der Waals surface area contributed by atoms with Gasteiger partial charge in [0.1, 0.15) is 17.1 Å². The monoisotopic (exact) mass is 489 g/mol. The normalized spacial score (nSPS) is 16.9. The zero-order valence-corrected chi connectivity index (χ0v) is 21.7. The Bertz CT molecular complexity index is 1060. The van der Waals surface area contributed by atoms with Gasteiger partial charge in [0.15, 0.2) is 0 Å². The zero-order chi connectivity index (χ0) is 25.4. The maximum absolute atomic E-state index is 12.9. The molecule has 1 N–H and O–H groups in total. The summed E-state index contributed by atoms with van der Waals surface area (Å²) in [5.74, 6) is 1.83. The summed E-state index contributed by atoms with van der Waals surface area (Å²) in [5, 5.41) is 12.9. The Morgan fingerprint density at radius 3 is 2.25 bits per heavy atom. The van der Waals surface area contributed by atoms with Gasteiger partial charge in [0, 0.05) is 31.1 Å². The van der Waals surface area contributed by atoms with Crippen molar-refractivity contribution < 1.29 is 19.3 Å². The van der Waals surface area contributed by atoms with E-state index in [2.05, 4.69) is 30.9 Å². The molecule has 3 aromatic rings. The van der Waals surface area contributed by atoms with Crippen molar-refractivity contribution in [1.29, 1.82) is 0 Å². The van der Waals surface area contributed by atoms with Crippen molar-refractivity contribution in [3.8, 4) is 11.5 Å². The van der Waals surface area contributed by atoms with Gasteiger partial charge >= 0.3 is 0 Å². The number of para-hydroxylation sites is 1. The molecule has 1 aliphatic heterocycles. The lowest BCUT2D eigenvalue weighted by Gasteiger charge is -2.41. The molecule has 5 heteroatoms. The standard InChI is InChI=1S/C31H39NO4/c1-24(2)17-20-36-27-15-13-26(14-16-27)31(33,28-11-7-8-12-30(28)34-3)29(25-9-5-4-6-10-25)23-32-18-21-35-22-19-32/h4-16,24,29,33H,17-23H2,1-3H3/t29-,31-/m0/s1. The third-order valence-electron chi connectivity index (χ3n) is 7.03. The molecule has 0 amide bonds. The molecule has 3 aromatic carbocycles. The summed E-state index contributed by atoms with van der Waals surface area (Å²) in [7, 11) is 1.66. The SMILES string of the molecule is COc1ccccc1[C@@](O)(c1ccc(OCCC(C)C)cc1)[C@@H](CN1CCOCC1)c1ccccc1. The molecule has 2 atom stereocenters. The van der Waals surface area contributed by atoms with Crippen LogP contribution in [-0.4, -0.2) is 56.6 Å². The molecule has 0 saturated carbocycles. The van der Waals surface area contributed by atoms with Crippen LogP contribution < -0.4 is 9.47 Å². The lowest BCUT2D eigenvalue weighted by atomic mass is 9.72. The fourth-order valence-electron chi connectivity index (χ4n) is 4.93. The van der Waals surface area contributed by atoms with Crippen molar-refractivity contribution in [1.82, 2.24) is 4.90 Å². The average Bonchev–Trinajstić information content (AvgIpc) is 2.92. The Kier molecular flexibility index (Phi) is 9.03. The van der Waals surface area contributed by atoms with Gasteiger partial charge in [0.25, 0.3) is 0 Å². The fourth-order valence-corrected chi connectivity index (χ4v) is 4.93. The molecule has 0 bridgehead atoms. The molecule has 0 aliphatic carbocycles. The highest BCUT2D eigenvalue weighted by Crippen LogP contribution is 2.46. The van der Waals surface area contributed by atoms with Crippen LogP contribution in [0.15, 0.2) is 78.9 Å². The van der Waals surface area contributed by atoms with Crippen LogP contribution in [0.4, 0.5) is 0 Å². The second-order valence-corrected chi connectivity index (χ2v) is 9.90. The Morgan fingerprint density at radius 2 is 1.58 bits per heavy atom. The zero-order valence-electron chi connectivity index (χ0n) is 21.7. The fraction of sp³-hybridized carbons (Fsp3) is 0.419. The van der Waals surface area contributed by atoms with E-state index in [0.717, 1.165) is 42.0 Å². The van der Waals surface area contributed by atoms with Crippen LogP contribution in [0, 0.1) is 5.92 Å². The van der Waals surface area contributed by atoms with Gasteiger partial charge < -0.3 is 19.3 Å². The van der Waals surface area contributed by atoms with E-state index in [4.69, 9.17) is 14.2 Å². The molecule has 1 heterocycles. The predicted molar refractivity (Wildman–Crippen MR) is 144 cm³/mol. The third-order valence-corrected chi connectivity index (χ3v) is 7.03. The number of aliphatic hydroxyl groups is 1. The summed E-state index contributed by atoms with van der Waals surface area (Å²) in [6, 6.07) is 26.0. The van der Waals surface area contributed by atoms with Crippen molar-refractivity contribution in [3.63, 3.8) is 0 Å². The number of benzene rings is 3. The molecule has 1 aliphatic rings. The van der Waals surface area contributed by atoms with Crippen LogP contribution >= 0.6 is 0 Å². The van der Waals surface area contributed by atoms with E-state index in [9.17, 15) is 5.11 Å². The van der Waals surface area contributed by atoms with E-state index in [1.807, 2.05) is 66.7 Å². The summed E-state index contributed by atoms with van der Waals surface area (Å²) in [5.41, 5.74) is 1.31. The van der Waals surface area contributed by atoms with Crippen LogP contribution in [0.25, 0.3) is 0 Å². The smallest absolute Gasteiger partial charge is 0.126 e. The van der Waals surface area contributed by atoms with Crippen LogP contribution in [0.5, 0.6) is 11.5 Å². The molecule has 1 saturated heterocycles. The van der Waals surface area contributed by atoms with Crippen molar-refractivity contribution in [2.24, 2.45) is 5.92 Å². The number of ether oxygens (including phenoxy) is 3. The van der Waals surface area contributed by atoms with Crippen LogP contribution in [0.1, 0.15) is 42.9 Å². The lowest BCUT2D eigenvalue weighted by Crippen LogP contribution is -2.45. The number of hydrogen-bond acceptors (Lipinski definition) is 5. The van der Waals surface area contributed by atoms with E-state index in [0.29, 0.717) is 38.0 Å². The van der Waals surface area contributed by atoms with E-state index in [1.54, 1.807) is 7.11 Å². The number of morpholine rings is 1. The van der Waals surface area contributed by atoms with E-state index < -0.39 is 5.60 Å². The lowest BCUT2D eigenvalue weighted by molar-refractivity contribution is -0.000154. The first-order valence-electron chi connectivity index (χ1n) is 13.0. The van der Waals surface area contributed by atoms with Crippen molar-refractivity contribution in [2.45, 2.75) is 31.8 Å². The Balaban J connectivity index is 1.78. The minimum atomic E-state index is -1.33. The van der Waals surface area contributed by atoms with Crippen molar-refractivity contribution >= 4 is 0 Å². The number of hydrogen-bond donors (Lipinski definition) is 1. The highest BCUT2D eigenvalue weighted by atomic mass is 16.5. The van der Waals surface area contributed by atoms with Gasteiger partial charge in [0.2, 0.25) is 0 Å². The molecule has 0 unspecified atom stereocenters. The number of rotatable bonds is 11. The van der Waals surface area contributed by atoms with E-state index in [1.165, 1.54) is 0 Å². The summed E-state index contributed by atoms with van der Waals surface area (Å²) >= 11 is 0. The first-order chi connectivity index (χ1) is 17.5. The molecular formula is C31H39NO4. The van der Waals surface area contributed by atoms with E-state index in [-0.39, 0.29) is 5.92 Å². The first-order valence-corrected chi connectivity index (χ1v) is 13.0. The Morgan fingerprint density at radius 1 is 0.917 bits per heavy atom. The van der Waals surface area contributed by atoms with Gasteiger partial charge in [-0.1, -0.05) is 74.5 Å². The largest absolute Gasteiger partial charge is 0.496 e. The summed E-state index contributed by atoms with van der Waals surface area (Å²) in [6.45, 7) is 8.85. The molecule has 0 radical (unpaired) electrons. The van der Waals surface area contributed by atoms with Gasteiger partial charge in [-0.3, -0.25) is 4.90 Å². The second-order valence-electron chi connectivity index (χ2n) is 9.90. The molecule has 192 valence electrons. The van der Waals surface area contributed by atoms with Gasteiger partial charge in [-0.15, -0.1) is 0 Å². The summed E-state index contributed by atoms with van der Waals surface area (Å²) in [4.78, 5) is 2.38. The molecule has 4 rings (SSSR count). The quantitative estimate of drug-likeness (QED) is 0.387. The molecule has 1 fully saturated rings. The molecular weight excluding hydrogens is 450 g/mol. The van der Waals surface area contributed by atoms with Crippen LogP contribution in [0.3, 0.4) is 0 Å². The number of nitrogens with zero attached hydrogens (tertiary/aromatic N) is 1. The third kappa shape index (κ3) is 6.09. The molecule has 0 aromatic heterocycles. The van der Waals surface area contributed by atoms with E-state index >= 15 is 0 Å². The Labute approximate surface area is 215 Å². The maximum atomic E-state index is 12.9. The maximum Gasteiger partial charge on any atom is 0.126 e. The van der Waals surface area contributed by atoms with Crippen LogP contribution in [-0.2, 0) is 10.3 Å². The molecule has 0 spiro atoms. The highest BCUT2D eigenvalue weighted by Gasteiger charge is 2.44. The first kappa shape index (κ1) is 26.2. The highest BCUT2D eigenvalue weighted by molar-refractivity contribution is 5.49. The summed E-state index contributed by atoms with van der Waals surface area (Å²) in [6.07, 6.45) is 1.00. The topological polar surface area (TPSA) is 51.2 Å². The Hall–Kier alpha value is -2.86. The van der Waals surface area contributed by atoms with Gasteiger partial charge in [-0.2, -0.15) is 0 Å². The van der Waals surface area contributed by atoms with Gasteiger partial charge in [-0.05, 0) is 41.7 Å². The minimum absolute atomic E-state index is 0.235. The van der Waals surface area contributed by atoms with Crippen molar-refractivity contribution in [2.75, 3.05) is 46.6 Å². The summed E-state index contributed by atoms with van der Waals surface area (Å²) < 4.78 is 17.3. The molecule has 5 nitrogen and oxygen atoms in total. The second kappa shape index (κ2) is 12.4. The number of methoxy groups -OCH3 is 1. The van der Waals surface area contributed by atoms with Crippen LogP contribution in [0.2, 0.25) is 0 Å².